The summed E-state index contributed by atoms with van der Waals surface area (Å²) in [6, 6.07) is 0. The highest BCUT2D eigenvalue weighted by Gasteiger charge is 2.49. The van der Waals surface area contributed by atoms with Crippen LogP contribution in [0.3, 0.4) is 0 Å². The molecular weight excluding hydrogens is 336 g/mol. The fourth-order valence-electron chi connectivity index (χ4n) is 2.86. The van der Waals surface area contributed by atoms with E-state index in [-0.39, 0.29) is 6.10 Å². The SMILES string of the molecule is CCC(C)OC1OC(C)C(O)C(O)C1OC1OC(C)C(O)C(O)C1O. The molecule has 9 heteroatoms. The van der Waals surface area contributed by atoms with Crippen LogP contribution in [0.5, 0.6) is 0 Å². The van der Waals surface area contributed by atoms with E-state index in [9.17, 15) is 25.5 Å². The summed E-state index contributed by atoms with van der Waals surface area (Å²) in [5.41, 5.74) is 0. The molecule has 0 aromatic heterocycles. The van der Waals surface area contributed by atoms with Crippen LogP contribution in [0.2, 0.25) is 0 Å². The van der Waals surface area contributed by atoms with Gasteiger partial charge in [-0.1, -0.05) is 6.92 Å². The largest absolute Gasteiger partial charge is 0.388 e. The molecule has 25 heavy (non-hydrogen) atoms. The lowest BCUT2D eigenvalue weighted by molar-refractivity contribution is -0.365. The number of rotatable bonds is 5. The van der Waals surface area contributed by atoms with Gasteiger partial charge in [0.2, 0.25) is 0 Å². The highest BCUT2D eigenvalue weighted by Crippen LogP contribution is 2.30. The second kappa shape index (κ2) is 8.55. The van der Waals surface area contributed by atoms with Crippen molar-refractivity contribution in [2.45, 2.75) is 102 Å². The lowest BCUT2D eigenvalue weighted by Gasteiger charge is -2.45. The van der Waals surface area contributed by atoms with E-state index in [0.717, 1.165) is 0 Å². The van der Waals surface area contributed by atoms with Gasteiger partial charge in [-0.05, 0) is 27.2 Å². The molecule has 9 nitrogen and oxygen atoms in total. The number of hydrogen-bond acceptors (Lipinski definition) is 9. The summed E-state index contributed by atoms with van der Waals surface area (Å²) in [5.74, 6) is 0. The Labute approximate surface area is 147 Å². The van der Waals surface area contributed by atoms with Crippen LogP contribution in [-0.2, 0) is 18.9 Å². The summed E-state index contributed by atoms with van der Waals surface area (Å²) in [5, 5.41) is 50.2. The maximum Gasteiger partial charge on any atom is 0.187 e. The molecule has 2 saturated heterocycles. The predicted molar refractivity (Wildman–Crippen MR) is 84.4 cm³/mol. The van der Waals surface area contributed by atoms with E-state index in [2.05, 4.69) is 0 Å². The second-order valence-corrected chi connectivity index (χ2v) is 6.83. The summed E-state index contributed by atoms with van der Waals surface area (Å²) in [6.07, 6.45) is -11.2. The Morgan fingerprint density at radius 3 is 1.88 bits per heavy atom. The molecule has 2 heterocycles. The Balaban J connectivity index is 2.14. The van der Waals surface area contributed by atoms with E-state index in [1.807, 2.05) is 13.8 Å². The standard InChI is InChI=1S/C16H30O9/c1-5-6(2)22-16-14(12(20)10(18)8(4)24-16)25-15-13(21)11(19)9(17)7(3)23-15/h6-21H,5H2,1-4H3. The molecule has 0 saturated carbocycles. The predicted octanol–water partition coefficient (Wildman–Crippen LogP) is -1.52. The molecule has 0 radical (unpaired) electrons. The summed E-state index contributed by atoms with van der Waals surface area (Å²) in [6.45, 7) is 6.88. The second-order valence-electron chi connectivity index (χ2n) is 6.83. The third-order valence-electron chi connectivity index (χ3n) is 4.83. The Morgan fingerprint density at radius 2 is 1.32 bits per heavy atom. The molecule has 11 atom stereocenters. The number of hydrogen-bond donors (Lipinski definition) is 5. The Hall–Kier alpha value is -0.360. The van der Waals surface area contributed by atoms with Gasteiger partial charge in [0.05, 0.1) is 18.3 Å². The Bertz CT molecular complexity index is 420. The first-order valence-electron chi connectivity index (χ1n) is 8.69. The molecule has 0 aliphatic carbocycles. The van der Waals surface area contributed by atoms with Crippen LogP contribution in [0.25, 0.3) is 0 Å². The quantitative estimate of drug-likeness (QED) is 0.393. The zero-order valence-corrected chi connectivity index (χ0v) is 14.9. The maximum atomic E-state index is 10.4. The van der Waals surface area contributed by atoms with Gasteiger partial charge in [0.15, 0.2) is 12.6 Å². The van der Waals surface area contributed by atoms with Crippen LogP contribution >= 0.6 is 0 Å². The van der Waals surface area contributed by atoms with Crippen molar-refractivity contribution in [1.29, 1.82) is 0 Å². The van der Waals surface area contributed by atoms with Gasteiger partial charge in [-0.2, -0.15) is 0 Å². The average Bonchev–Trinajstić information content (AvgIpc) is 2.58. The van der Waals surface area contributed by atoms with Crippen molar-refractivity contribution in [3.63, 3.8) is 0 Å². The fraction of sp³-hybridized carbons (Fsp3) is 1.00. The smallest absolute Gasteiger partial charge is 0.187 e. The van der Waals surface area contributed by atoms with Gasteiger partial charge in [0.1, 0.15) is 36.6 Å². The van der Waals surface area contributed by atoms with Crippen molar-refractivity contribution in [3.8, 4) is 0 Å². The summed E-state index contributed by atoms with van der Waals surface area (Å²) in [4.78, 5) is 0. The average molecular weight is 366 g/mol. The van der Waals surface area contributed by atoms with Crippen LogP contribution in [0.4, 0.5) is 0 Å². The van der Waals surface area contributed by atoms with Crippen LogP contribution in [0.1, 0.15) is 34.1 Å². The van der Waals surface area contributed by atoms with Crippen molar-refractivity contribution in [3.05, 3.63) is 0 Å². The van der Waals surface area contributed by atoms with E-state index in [0.29, 0.717) is 6.42 Å². The molecule has 11 unspecified atom stereocenters. The monoisotopic (exact) mass is 366 g/mol. The summed E-state index contributed by atoms with van der Waals surface area (Å²) in [7, 11) is 0. The number of aliphatic hydroxyl groups is 5. The van der Waals surface area contributed by atoms with Gasteiger partial charge in [0.25, 0.3) is 0 Å². The highest BCUT2D eigenvalue weighted by molar-refractivity contribution is 4.92. The lowest BCUT2D eigenvalue weighted by Crippen LogP contribution is -2.63. The molecule has 2 rings (SSSR count). The first kappa shape index (κ1) is 20.9. The zero-order valence-electron chi connectivity index (χ0n) is 14.9. The molecule has 148 valence electrons. The van der Waals surface area contributed by atoms with E-state index < -0.39 is 61.4 Å². The van der Waals surface area contributed by atoms with Crippen molar-refractivity contribution in [2.24, 2.45) is 0 Å². The number of ether oxygens (including phenoxy) is 4. The third kappa shape index (κ3) is 4.49. The Kier molecular flexibility index (Phi) is 7.17. The Morgan fingerprint density at radius 1 is 0.800 bits per heavy atom. The minimum atomic E-state index is -1.53. The molecule has 2 aliphatic heterocycles. The topological polar surface area (TPSA) is 138 Å². The summed E-state index contributed by atoms with van der Waals surface area (Å²) >= 11 is 0. The van der Waals surface area contributed by atoms with Gasteiger partial charge in [-0.3, -0.25) is 0 Å². The molecule has 0 amide bonds. The molecule has 2 fully saturated rings. The van der Waals surface area contributed by atoms with Gasteiger partial charge < -0.3 is 44.5 Å². The third-order valence-corrected chi connectivity index (χ3v) is 4.83. The molecule has 0 spiro atoms. The van der Waals surface area contributed by atoms with Crippen LogP contribution < -0.4 is 0 Å². The minimum absolute atomic E-state index is 0.186. The van der Waals surface area contributed by atoms with Gasteiger partial charge >= 0.3 is 0 Å². The molecule has 2 aliphatic rings. The van der Waals surface area contributed by atoms with E-state index in [1.54, 1.807) is 6.92 Å². The first-order chi connectivity index (χ1) is 11.7. The normalized spacial score (nSPS) is 49.8. The highest BCUT2D eigenvalue weighted by atomic mass is 16.8. The molecule has 0 aromatic carbocycles. The van der Waals surface area contributed by atoms with Crippen LogP contribution in [0, 0.1) is 0 Å². The van der Waals surface area contributed by atoms with Crippen LogP contribution in [-0.4, -0.2) is 93.0 Å². The summed E-state index contributed by atoms with van der Waals surface area (Å²) < 4.78 is 22.3. The van der Waals surface area contributed by atoms with Gasteiger partial charge in [-0.25, -0.2) is 0 Å². The van der Waals surface area contributed by atoms with E-state index in [4.69, 9.17) is 18.9 Å². The molecular formula is C16H30O9. The fourth-order valence-corrected chi connectivity index (χ4v) is 2.86. The van der Waals surface area contributed by atoms with E-state index >= 15 is 0 Å². The first-order valence-corrected chi connectivity index (χ1v) is 8.69. The van der Waals surface area contributed by atoms with Gasteiger partial charge in [0, 0.05) is 0 Å². The van der Waals surface area contributed by atoms with Crippen LogP contribution in [0.15, 0.2) is 0 Å². The van der Waals surface area contributed by atoms with Gasteiger partial charge in [-0.15, -0.1) is 0 Å². The molecule has 5 N–H and O–H groups in total. The molecule has 0 aromatic rings. The minimum Gasteiger partial charge on any atom is -0.388 e. The number of aliphatic hydroxyl groups excluding tert-OH is 5. The lowest BCUT2D eigenvalue weighted by atomic mass is 9.98. The van der Waals surface area contributed by atoms with Crippen molar-refractivity contribution in [2.75, 3.05) is 0 Å². The van der Waals surface area contributed by atoms with Crippen molar-refractivity contribution < 1.29 is 44.5 Å². The van der Waals surface area contributed by atoms with Crippen molar-refractivity contribution in [1.82, 2.24) is 0 Å². The van der Waals surface area contributed by atoms with Crippen molar-refractivity contribution >= 4 is 0 Å². The zero-order chi connectivity index (χ0) is 18.9. The maximum absolute atomic E-state index is 10.4. The molecule has 0 bridgehead atoms. The van der Waals surface area contributed by atoms with E-state index in [1.165, 1.54) is 6.92 Å².